The molecule has 3 heterocycles. The Morgan fingerprint density at radius 3 is 2.89 bits per heavy atom. The number of aryl methyl sites for hydroxylation is 1. The molecule has 4 aromatic rings. The number of ether oxygens (including phenoxy) is 2. The van der Waals surface area contributed by atoms with Gasteiger partial charge in [0.05, 0.1) is 5.69 Å². The van der Waals surface area contributed by atoms with Crippen LogP contribution < -0.4 is 14.8 Å². The number of nitrogens with one attached hydrogen (secondary N) is 1. The molecule has 5 rings (SSSR count). The summed E-state index contributed by atoms with van der Waals surface area (Å²) in [6, 6.07) is 13.2. The molecule has 0 aliphatic carbocycles. The van der Waals surface area contributed by atoms with Crippen molar-refractivity contribution < 1.29 is 18.7 Å². The zero-order valence-electron chi connectivity index (χ0n) is 14.3. The van der Waals surface area contributed by atoms with Gasteiger partial charge in [-0.3, -0.25) is 10.1 Å². The molecular weight excluding hydrogens is 364 g/mol. The number of nitrogens with zero attached hydrogens (tertiary/aromatic N) is 1. The van der Waals surface area contributed by atoms with Gasteiger partial charge in [0.2, 0.25) is 6.79 Å². The van der Waals surface area contributed by atoms with Crippen LogP contribution in [0.15, 0.2) is 52.3 Å². The van der Waals surface area contributed by atoms with Crippen molar-refractivity contribution in [3.05, 3.63) is 59.2 Å². The number of carbonyl (C=O) groups is 1. The minimum absolute atomic E-state index is 0.230. The second-order valence-corrected chi connectivity index (χ2v) is 6.97. The van der Waals surface area contributed by atoms with Crippen LogP contribution in [0.4, 0.5) is 5.13 Å². The minimum atomic E-state index is -0.310. The summed E-state index contributed by atoms with van der Waals surface area (Å²) in [6.45, 7) is 2.11. The molecule has 1 N–H and O–H groups in total. The van der Waals surface area contributed by atoms with Gasteiger partial charge in [0, 0.05) is 21.9 Å². The van der Waals surface area contributed by atoms with Crippen molar-refractivity contribution in [3.63, 3.8) is 0 Å². The van der Waals surface area contributed by atoms with Crippen LogP contribution >= 0.6 is 11.3 Å². The minimum Gasteiger partial charge on any atom is -0.454 e. The van der Waals surface area contributed by atoms with Crippen LogP contribution in [0.25, 0.3) is 22.2 Å². The van der Waals surface area contributed by atoms with E-state index in [9.17, 15) is 4.79 Å². The summed E-state index contributed by atoms with van der Waals surface area (Å²) in [5.41, 5.74) is 3.17. The Morgan fingerprint density at radius 1 is 1.15 bits per heavy atom. The number of thiazole rings is 1. The van der Waals surface area contributed by atoms with E-state index in [2.05, 4.69) is 10.3 Å². The number of hydrogen-bond donors (Lipinski definition) is 1. The van der Waals surface area contributed by atoms with E-state index < -0.39 is 0 Å². The molecule has 0 radical (unpaired) electrons. The van der Waals surface area contributed by atoms with Gasteiger partial charge in [0.1, 0.15) is 5.58 Å². The molecule has 6 nitrogen and oxygen atoms in total. The topological polar surface area (TPSA) is 73.6 Å². The van der Waals surface area contributed by atoms with Crippen molar-refractivity contribution in [2.24, 2.45) is 0 Å². The highest BCUT2D eigenvalue weighted by Crippen LogP contribution is 2.36. The first kappa shape index (κ1) is 15.9. The highest BCUT2D eigenvalue weighted by Gasteiger charge is 2.19. The summed E-state index contributed by atoms with van der Waals surface area (Å²) in [7, 11) is 0. The molecule has 2 aromatic carbocycles. The third kappa shape index (κ3) is 2.72. The van der Waals surface area contributed by atoms with Gasteiger partial charge in [-0.05, 0) is 31.2 Å². The fourth-order valence-corrected chi connectivity index (χ4v) is 3.78. The van der Waals surface area contributed by atoms with Crippen LogP contribution in [0, 0.1) is 6.92 Å². The van der Waals surface area contributed by atoms with Crippen LogP contribution in [-0.4, -0.2) is 17.7 Å². The van der Waals surface area contributed by atoms with E-state index in [4.69, 9.17) is 13.9 Å². The molecule has 7 heteroatoms. The summed E-state index contributed by atoms with van der Waals surface area (Å²) in [5.74, 6) is 1.41. The molecule has 1 aliphatic rings. The number of rotatable bonds is 3. The van der Waals surface area contributed by atoms with Crippen molar-refractivity contribution in [2.75, 3.05) is 12.1 Å². The third-order valence-corrected chi connectivity index (χ3v) is 5.20. The molecule has 0 unspecified atom stereocenters. The molecule has 0 saturated carbocycles. The summed E-state index contributed by atoms with van der Waals surface area (Å²) in [6.07, 6.45) is 0. The number of benzene rings is 2. The predicted molar refractivity (Wildman–Crippen MR) is 103 cm³/mol. The lowest BCUT2D eigenvalue weighted by molar-refractivity contribution is 0.0998. The van der Waals surface area contributed by atoms with Crippen LogP contribution in [0.5, 0.6) is 11.5 Å². The lowest BCUT2D eigenvalue weighted by Crippen LogP contribution is -2.11. The first-order valence-corrected chi connectivity index (χ1v) is 9.22. The average molecular weight is 378 g/mol. The van der Waals surface area contributed by atoms with Crippen molar-refractivity contribution >= 4 is 33.3 Å². The fraction of sp³-hybridized carbons (Fsp3) is 0.100. The predicted octanol–water partition coefficient (Wildman–Crippen LogP) is 4.85. The molecule has 1 aliphatic heterocycles. The number of furan rings is 1. The number of hydrogen-bond acceptors (Lipinski definition) is 6. The smallest absolute Gasteiger partial charge is 0.293 e. The first-order valence-electron chi connectivity index (χ1n) is 8.34. The molecule has 0 bridgehead atoms. The van der Waals surface area contributed by atoms with Gasteiger partial charge in [-0.2, -0.15) is 0 Å². The molecule has 134 valence electrons. The van der Waals surface area contributed by atoms with Crippen molar-refractivity contribution in [2.45, 2.75) is 6.92 Å². The summed E-state index contributed by atoms with van der Waals surface area (Å²) in [5, 5.41) is 6.15. The summed E-state index contributed by atoms with van der Waals surface area (Å²) < 4.78 is 16.4. The standard InChI is InChI=1S/C20H14N2O4S/c1-11-13-4-2-3-5-15(13)26-18(11)19(23)22-20-21-14(9-27-20)12-6-7-16-17(8-12)25-10-24-16/h2-9H,10H2,1H3,(H,21,22,23). The maximum Gasteiger partial charge on any atom is 0.293 e. The molecule has 0 atom stereocenters. The van der Waals surface area contributed by atoms with Crippen molar-refractivity contribution in [1.82, 2.24) is 4.98 Å². The van der Waals surface area contributed by atoms with E-state index in [1.54, 1.807) is 0 Å². The number of aromatic nitrogens is 1. The lowest BCUT2D eigenvalue weighted by atomic mass is 10.1. The Hall–Kier alpha value is -3.32. The van der Waals surface area contributed by atoms with Gasteiger partial charge < -0.3 is 13.9 Å². The van der Waals surface area contributed by atoms with E-state index in [0.29, 0.717) is 22.2 Å². The molecule has 0 fully saturated rings. The molecular formula is C20H14N2O4S. The second kappa shape index (κ2) is 6.14. The number of carbonyl (C=O) groups excluding carboxylic acids is 1. The first-order chi connectivity index (χ1) is 13.2. The van der Waals surface area contributed by atoms with E-state index in [1.807, 2.05) is 54.8 Å². The zero-order chi connectivity index (χ0) is 18.4. The van der Waals surface area contributed by atoms with Crippen LogP contribution in [0.1, 0.15) is 16.1 Å². The normalized spacial score (nSPS) is 12.5. The molecule has 0 saturated heterocycles. The Balaban J connectivity index is 1.40. The second-order valence-electron chi connectivity index (χ2n) is 6.11. The maximum atomic E-state index is 12.6. The van der Waals surface area contributed by atoms with E-state index in [0.717, 1.165) is 28.0 Å². The monoisotopic (exact) mass is 378 g/mol. The summed E-state index contributed by atoms with van der Waals surface area (Å²) in [4.78, 5) is 17.1. The maximum absolute atomic E-state index is 12.6. The Labute approximate surface area is 158 Å². The van der Waals surface area contributed by atoms with Crippen LogP contribution in [-0.2, 0) is 0 Å². The highest BCUT2D eigenvalue weighted by molar-refractivity contribution is 7.14. The number of para-hydroxylation sites is 1. The van der Waals surface area contributed by atoms with E-state index >= 15 is 0 Å². The quantitative estimate of drug-likeness (QED) is 0.552. The molecule has 1 amide bonds. The van der Waals surface area contributed by atoms with E-state index in [1.165, 1.54) is 11.3 Å². The number of fused-ring (bicyclic) bond motifs is 2. The molecule has 0 spiro atoms. The molecule has 27 heavy (non-hydrogen) atoms. The van der Waals surface area contributed by atoms with Crippen molar-refractivity contribution in [3.8, 4) is 22.8 Å². The van der Waals surface area contributed by atoms with Crippen LogP contribution in [0.3, 0.4) is 0 Å². The average Bonchev–Trinajstić information content (AvgIpc) is 3.40. The van der Waals surface area contributed by atoms with Crippen LogP contribution in [0.2, 0.25) is 0 Å². The van der Waals surface area contributed by atoms with Crippen molar-refractivity contribution in [1.29, 1.82) is 0 Å². The van der Waals surface area contributed by atoms with Gasteiger partial charge >= 0.3 is 0 Å². The molecule has 2 aromatic heterocycles. The fourth-order valence-electron chi connectivity index (χ4n) is 3.06. The Morgan fingerprint density at radius 2 is 2.00 bits per heavy atom. The Kier molecular flexibility index (Phi) is 3.61. The summed E-state index contributed by atoms with van der Waals surface area (Å²) >= 11 is 1.36. The number of anilines is 1. The van der Waals surface area contributed by atoms with E-state index in [-0.39, 0.29) is 12.7 Å². The van der Waals surface area contributed by atoms with Gasteiger partial charge in [0.15, 0.2) is 22.4 Å². The zero-order valence-corrected chi connectivity index (χ0v) is 15.1. The lowest BCUT2D eigenvalue weighted by Gasteiger charge is -2.01. The van der Waals surface area contributed by atoms with Gasteiger partial charge in [-0.25, -0.2) is 4.98 Å². The highest BCUT2D eigenvalue weighted by atomic mass is 32.1. The van der Waals surface area contributed by atoms with Gasteiger partial charge in [0.25, 0.3) is 5.91 Å². The number of amides is 1. The largest absolute Gasteiger partial charge is 0.454 e. The Bertz CT molecular complexity index is 1180. The third-order valence-electron chi connectivity index (χ3n) is 4.44. The van der Waals surface area contributed by atoms with Gasteiger partial charge in [-0.15, -0.1) is 11.3 Å². The SMILES string of the molecule is Cc1c(C(=O)Nc2nc(-c3ccc4c(c3)OCO4)cs2)oc2ccccc12. The van der Waals surface area contributed by atoms with Gasteiger partial charge in [-0.1, -0.05) is 18.2 Å².